The predicted octanol–water partition coefficient (Wildman–Crippen LogP) is 2.59. The van der Waals surface area contributed by atoms with E-state index < -0.39 is 7.60 Å². The molecule has 5 heteroatoms. The molecule has 0 bridgehead atoms. The molecule has 0 amide bonds. The molecule has 1 rings (SSSR count). The summed E-state index contributed by atoms with van der Waals surface area (Å²) in [5, 5.41) is 0.557. The fourth-order valence-corrected chi connectivity index (χ4v) is 3.22. The van der Waals surface area contributed by atoms with E-state index in [1.54, 1.807) is 19.9 Å². The van der Waals surface area contributed by atoms with E-state index in [1.165, 1.54) is 0 Å². The number of hydrogen-bond donors (Lipinski definition) is 0. The monoisotopic (exact) mass is 243 g/mol. The molecule has 0 spiro atoms. The third kappa shape index (κ3) is 2.91. The zero-order chi connectivity index (χ0) is 12.2. The van der Waals surface area contributed by atoms with Gasteiger partial charge in [-0.2, -0.15) is 0 Å². The number of hydrogen-bond acceptors (Lipinski definition) is 4. The smallest absolute Gasteiger partial charge is 0.305 e. The van der Waals surface area contributed by atoms with Gasteiger partial charge < -0.3 is 9.05 Å². The maximum absolute atomic E-state index is 12.5. The van der Waals surface area contributed by atoms with Crippen molar-refractivity contribution in [2.75, 3.05) is 13.2 Å². The van der Waals surface area contributed by atoms with Gasteiger partial charge in [0.25, 0.3) is 0 Å². The minimum absolute atomic E-state index is 0.352. The fraction of sp³-hybridized carbons (Fsp3) is 0.545. The molecular weight excluding hydrogens is 225 g/mol. The highest BCUT2D eigenvalue weighted by Gasteiger charge is 2.28. The van der Waals surface area contributed by atoms with E-state index >= 15 is 0 Å². The Labute approximate surface area is 96.5 Å². The summed E-state index contributed by atoms with van der Waals surface area (Å²) < 4.78 is 23.0. The van der Waals surface area contributed by atoms with E-state index in [4.69, 9.17) is 9.05 Å². The predicted molar refractivity (Wildman–Crippen MR) is 64.2 cm³/mol. The van der Waals surface area contributed by atoms with Crippen molar-refractivity contribution in [3.8, 4) is 0 Å². The van der Waals surface area contributed by atoms with Gasteiger partial charge in [-0.1, -0.05) is 0 Å². The molecule has 0 fully saturated rings. The first-order chi connectivity index (χ1) is 7.53. The maximum atomic E-state index is 12.5. The molecule has 1 aromatic heterocycles. The lowest BCUT2D eigenvalue weighted by atomic mass is 10.3. The van der Waals surface area contributed by atoms with E-state index in [-0.39, 0.29) is 0 Å². The van der Waals surface area contributed by atoms with Crippen LogP contribution in [0.5, 0.6) is 0 Å². The molecule has 0 saturated carbocycles. The van der Waals surface area contributed by atoms with Crippen LogP contribution in [0.2, 0.25) is 0 Å². The van der Waals surface area contributed by atoms with E-state index in [0.29, 0.717) is 24.2 Å². The maximum Gasteiger partial charge on any atom is 0.363 e. The summed E-state index contributed by atoms with van der Waals surface area (Å²) in [6, 6.07) is 3.58. The van der Waals surface area contributed by atoms with Crippen molar-refractivity contribution in [3.63, 3.8) is 0 Å². The second kappa shape index (κ2) is 5.58. The molecular formula is C11H18NO3P. The lowest BCUT2D eigenvalue weighted by molar-refractivity contribution is 0.229. The van der Waals surface area contributed by atoms with Crippen LogP contribution in [-0.2, 0) is 13.6 Å². The van der Waals surface area contributed by atoms with Gasteiger partial charge in [-0.05, 0) is 39.8 Å². The van der Waals surface area contributed by atoms with Gasteiger partial charge in [0, 0.05) is 5.69 Å². The van der Waals surface area contributed by atoms with Gasteiger partial charge in [-0.3, -0.25) is 9.55 Å². The van der Waals surface area contributed by atoms with Gasteiger partial charge in [0.05, 0.1) is 24.2 Å². The van der Waals surface area contributed by atoms with E-state index in [2.05, 4.69) is 4.98 Å². The second-order valence-corrected chi connectivity index (χ2v) is 5.38. The van der Waals surface area contributed by atoms with Gasteiger partial charge in [0.2, 0.25) is 0 Å². The third-order valence-electron chi connectivity index (χ3n) is 2.09. The first-order valence-corrected chi connectivity index (χ1v) is 6.91. The summed E-state index contributed by atoms with van der Waals surface area (Å²) in [5.74, 6) is 0. The van der Waals surface area contributed by atoms with Crippen LogP contribution in [0.1, 0.15) is 25.2 Å². The summed E-state index contributed by atoms with van der Waals surface area (Å²) in [6.07, 6.45) is 0. The summed E-state index contributed by atoms with van der Waals surface area (Å²) in [5.41, 5.74) is 1.59. The Balaban J connectivity index is 3.15. The molecule has 16 heavy (non-hydrogen) atoms. The van der Waals surface area contributed by atoms with Crippen LogP contribution in [0, 0.1) is 13.8 Å². The molecule has 0 unspecified atom stereocenters. The summed E-state index contributed by atoms with van der Waals surface area (Å²) in [4.78, 5) is 4.27. The standard InChI is InChI=1S/C11H18NO3P/c1-5-14-16(13,15-6-2)11-8-7-9(3)12-10(11)4/h7-8H,5-6H2,1-4H3. The van der Waals surface area contributed by atoms with Crippen LogP contribution < -0.4 is 5.30 Å². The number of aromatic nitrogens is 1. The largest absolute Gasteiger partial charge is 0.363 e. The van der Waals surface area contributed by atoms with E-state index in [1.807, 2.05) is 19.9 Å². The highest BCUT2D eigenvalue weighted by atomic mass is 31.2. The van der Waals surface area contributed by atoms with Crippen molar-refractivity contribution in [1.29, 1.82) is 0 Å². The quantitative estimate of drug-likeness (QED) is 0.746. The van der Waals surface area contributed by atoms with Crippen LogP contribution in [0.4, 0.5) is 0 Å². The molecule has 0 radical (unpaired) electrons. The SMILES string of the molecule is CCOP(=O)(OCC)c1ccc(C)nc1C. The van der Waals surface area contributed by atoms with E-state index in [0.717, 1.165) is 5.69 Å². The lowest BCUT2D eigenvalue weighted by Crippen LogP contribution is -2.15. The van der Waals surface area contributed by atoms with Crippen molar-refractivity contribution in [2.24, 2.45) is 0 Å². The Morgan fingerprint density at radius 3 is 2.19 bits per heavy atom. The van der Waals surface area contributed by atoms with Crippen molar-refractivity contribution < 1.29 is 13.6 Å². The van der Waals surface area contributed by atoms with Crippen LogP contribution >= 0.6 is 7.60 Å². The highest BCUT2D eigenvalue weighted by molar-refractivity contribution is 7.62. The molecule has 0 aliphatic heterocycles. The number of rotatable bonds is 5. The average Bonchev–Trinajstić information content (AvgIpc) is 2.17. The first kappa shape index (κ1) is 13.4. The minimum Gasteiger partial charge on any atom is -0.305 e. The first-order valence-electron chi connectivity index (χ1n) is 5.37. The highest BCUT2D eigenvalue weighted by Crippen LogP contribution is 2.47. The lowest BCUT2D eigenvalue weighted by Gasteiger charge is -2.18. The van der Waals surface area contributed by atoms with Crippen molar-refractivity contribution in [3.05, 3.63) is 23.5 Å². The zero-order valence-corrected chi connectivity index (χ0v) is 11.1. The zero-order valence-electron chi connectivity index (χ0n) is 10.2. The number of nitrogens with zero attached hydrogens (tertiary/aromatic N) is 1. The Kier molecular flexibility index (Phi) is 4.66. The van der Waals surface area contributed by atoms with Gasteiger partial charge in [0.1, 0.15) is 0 Å². The Hall–Kier alpha value is -0.700. The number of pyridine rings is 1. The summed E-state index contributed by atoms with van der Waals surface area (Å²) >= 11 is 0. The normalized spacial score (nSPS) is 11.8. The van der Waals surface area contributed by atoms with Crippen LogP contribution in [-0.4, -0.2) is 18.2 Å². The topological polar surface area (TPSA) is 48.4 Å². The van der Waals surface area contributed by atoms with Gasteiger partial charge in [-0.25, -0.2) is 0 Å². The average molecular weight is 243 g/mol. The molecule has 0 N–H and O–H groups in total. The van der Waals surface area contributed by atoms with Gasteiger partial charge in [-0.15, -0.1) is 0 Å². The molecule has 0 aliphatic carbocycles. The van der Waals surface area contributed by atoms with Crippen LogP contribution in [0.15, 0.2) is 12.1 Å². The molecule has 0 atom stereocenters. The molecule has 0 saturated heterocycles. The van der Waals surface area contributed by atoms with E-state index in [9.17, 15) is 4.57 Å². The van der Waals surface area contributed by atoms with Crippen LogP contribution in [0.25, 0.3) is 0 Å². The fourth-order valence-electron chi connectivity index (χ4n) is 1.48. The molecule has 4 nitrogen and oxygen atoms in total. The van der Waals surface area contributed by atoms with Gasteiger partial charge in [0.15, 0.2) is 0 Å². The molecule has 90 valence electrons. The third-order valence-corrected chi connectivity index (χ3v) is 4.35. The molecule has 0 aliphatic rings. The van der Waals surface area contributed by atoms with Crippen LogP contribution in [0.3, 0.4) is 0 Å². The molecule has 0 aromatic carbocycles. The van der Waals surface area contributed by atoms with Crippen molar-refractivity contribution >= 4 is 12.9 Å². The summed E-state index contributed by atoms with van der Waals surface area (Å²) in [6.45, 7) is 8.00. The second-order valence-electron chi connectivity index (χ2n) is 3.39. The Bertz CT molecular complexity index is 396. The number of aryl methyl sites for hydroxylation is 2. The summed E-state index contributed by atoms with van der Waals surface area (Å²) in [7, 11) is -3.19. The molecule has 1 heterocycles. The van der Waals surface area contributed by atoms with Crippen molar-refractivity contribution in [1.82, 2.24) is 4.98 Å². The minimum atomic E-state index is -3.19. The van der Waals surface area contributed by atoms with Gasteiger partial charge >= 0.3 is 7.60 Å². The van der Waals surface area contributed by atoms with Crippen molar-refractivity contribution in [2.45, 2.75) is 27.7 Å². The Morgan fingerprint density at radius 1 is 1.19 bits per heavy atom. The molecule has 1 aromatic rings. The Morgan fingerprint density at radius 2 is 1.75 bits per heavy atom.